The molecule has 2 aromatic carbocycles. The zero-order chi connectivity index (χ0) is 48.9. The van der Waals surface area contributed by atoms with E-state index >= 15 is 0 Å². The highest BCUT2D eigenvalue weighted by molar-refractivity contribution is 7.89. The third kappa shape index (κ3) is 12.4. The van der Waals surface area contributed by atoms with Gasteiger partial charge in [-0.3, -0.25) is 9.59 Å². The number of fused-ring (bicyclic) bond motifs is 2. The summed E-state index contributed by atoms with van der Waals surface area (Å²) in [4.78, 5) is 45.3. The summed E-state index contributed by atoms with van der Waals surface area (Å²) in [6, 6.07) is 9.45. The fourth-order valence-electron chi connectivity index (χ4n) is 8.63. The lowest BCUT2D eigenvalue weighted by molar-refractivity contribution is 0.196. The molecule has 71 heavy (non-hydrogen) atoms. The number of halogens is 3. The number of nitrogens with one attached hydrogen (secondary N) is 2. The average Bonchev–Trinajstić information content (AvgIpc) is 3.83. The van der Waals surface area contributed by atoms with E-state index in [0.717, 1.165) is 25.9 Å². The second kappa shape index (κ2) is 25.3. The summed E-state index contributed by atoms with van der Waals surface area (Å²) in [6.45, 7) is 22.6. The number of aryl methyl sites for hydroxylation is 4. The summed E-state index contributed by atoms with van der Waals surface area (Å²) in [5.41, 5.74) is 2.18. The summed E-state index contributed by atoms with van der Waals surface area (Å²) < 4.78 is 71.3. The standard InChI is InChI=1S/2C23H32N6O4S.3ClH/c2*1-5-8-20-24-16(4)21-23(30)25-22(26-29(20)21)18-15-17(9-10-19(18)33-7-3)34(31,32)28-13-11-27(6-2)12-14-28;;;/h2*9-10,15H,5-8,11-14H2,1-4H3,(H,25,26,30);3*1H. The third-order valence-electron chi connectivity index (χ3n) is 12.3. The van der Waals surface area contributed by atoms with Gasteiger partial charge in [-0.05, 0) is 90.0 Å². The fraction of sp³-hybridized carbons (Fsp3) is 0.522. The largest absolute Gasteiger partial charge is 0.493 e. The second-order valence-corrected chi connectivity index (χ2v) is 20.6. The molecule has 0 atom stereocenters. The number of sulfonamides is 2. The minimum Gasteiger partial charge on any atom is -0.493 e. The van der Waals surface area contributed by atoms with Crippen molar-refractivity contribution < 1.29 is 26.3 Å². The van der Waals surface area contributed by atoms with Gasteiger partial charge >= 0.3 is 0 Å². The number of ether oxygens (including phenoxy) is 2. The first-order chi connectivity index (χ1) is 32.6. The summed E-state index contributed by atoms with van der Waals surface area (Å²) >= 11 is 0. The van der Waals surface area contributed by atoms with Crippen LogP contribution in [0.2, 0.25) is 0 Å². The Labute approximate surface area is 433 Å². The topological polar surface area (TPSA) is 226 Å². The van der Waals surface area contributed by atoms with Crippen LogP contribution >= 0.6 is 37.2 Å². The predicted molar refractivity (Wildman–Crippen MR) is 281 cm³/mol. The van der Waals surface area contributed by atoms with E-state index in [1.807, 2.05) is 27.7 Å². The van der Waals surface area contributed by atoms with Crippen LogP contribution in [0.25, 0.3) is 33.8 Å². The van der Waals surface area contributed by atoms with Gasteiger partial charge in [0.1, 0.15) is 23.1 Å². The Morgan fingerprint density at radius 2 is 0.901 bits per heavy atom. The number of piperazine rings is 2. The number of likely N-dealkylation sites (N-methyl/N-ethyl adjacent to an activating group) is 2. The maximum absolute atomic E-state index is 13.4. The number of aromatic nitrogens is 8. The number of benzene rings is 2. The maximum Gasteiger partial charge on any atom is 0.277 e. The molecule has 8 rings (SSSR count). The van der Waals surface area contributed by atoms with Gasteiger partial charge in [-0.15, -0.1) is 47.4 Å². The SMILES string of the molecule is CCCc1nc(C)c2c(=O)[nH]c(-c3cc(S(=O)(=O)N4CCN(CC)CC4)ccc3OCC)nn12.CCCc1nc(C)c2c(=O)[nH]c(-c3cc(S(=O)(=O)N4CCN(CC)CC4)ccc3OCC)nn12.Cl.Cl.Cl. The van der Waals surface area contributed by atoms with Gasteiger partial charge in [-0.25, -0.2) is 35.8 Å². The average molecular weight is 1090 g/mol. The molecule has 6 aromatic rings. The Hall–Kier alpha value is -4.65. The van der Waals surface area contributed by atoms with Gasteiger partial charge < -0.3 is 29.2 Å². The molecule has 0 spiro atoms. The molecule has 0 saturated carbocycles. The van der Waals surface area contributed by atoms with Crippen molar-refractivity contribution in [2.45, 2.75) is 90.9 Å². The van der Waals surface area contributed by atoms with E-state index in [0.29, 0.717) is 135 Å². The van der Waals surface area contributed by atoms with E-state index in [1.165, 1.54) is 8.61 Å². The highest BCUT2D eigenvalue weighted by Crippen LogP contribution is 2.33. The Kier molecular flexibility index (Phi) is 21.0. The number of H-pyrrole nitrogens is 2. The van der Waals surface area contributed by atoms with Crippen LogP contribution < -0.4 is 20.6 Å². The highest BCUT2D eigenvalue weighted by Gasteiger charge is 2.31. The lowest BCUT2D eigenvalue weighted by Gasteiger charge is -2.33. The predicted octanol–water partition coefficient (Wildman–Crippen LogP) is 5.41. The van der Waals surface area contributed by atoms with Crippen LogP contribution in [0.5, 0.6) is 11.5 Å². The van der Waals surface area contributed by atoms with Crippen LogP contribution in [0, 0.1) is 13.8 Å². The molecule has 0 amide bonds. The van der Waals surface area contributed by atoms with Crippen LogP contribution in [-0.2, 0) is 32.9 Å². The summed E-state index contributed by atoms with van der Waals surface area (Å²) in [6.07, 6.45) is 3.04. The fourth-order valence-corrected chi connectivity index (χ4v) is 11.5. The normalized spacial score (nSPS) is 15.1. The first-order valence-electron chi connectivity index (χ1n) is 23.6. The number of imidazole rings is 2. The molecule has 0 bridgehead atoms. The minimum atomic E-state index is -3.71. The lowest BCUT2D eigenvalue weighted by Crippen LogP contribution is -2.48. The van der Waals surface area contributed by atoms with E-state index in [9.17, 15) is 26.4 Å². The number of rotatable bonds is 16. The van der Waals surface area contributed by atoms with Crippen LogP contribution in [0.1, 0.15) is 77.4 Å². The molecule has 20 nitrogen and oxygen atoms in total. The van der Waals surface area contributed by atoms with Gasteiger partial charge in [0.25, 0.3) is 11.1 Å². The van der Waals surface area contributed by atoms with E-state index in [4.69, 9.17) is 9.47 Å². The summed E-state index contributed by atoms with van der Waals surface area (Å²) in [5, 5.41) is 9.30. The first kappa shape index (κ1) is 58.9. The summed E-state index contributed by atoms with van der Waals surface area (Å²) in [7, 11) is -7.42. The second-order valence-electron chi connectivity index (χ2n) is 16.7. The van der Waals surface area contributed by atoms with Crippen LogP contribution in [0.3, 0.4) is 0 Å². The summed E-state index contributed by atoms with van der Waals surface area (Å²) in [5.74, 6) is 2.77. The molecule has 2 fully saturated rings. The van der Waals surface area contributed by atoms with Crippen LogP contribution in [-0.4, -0.2) is 153 Å². The quantitative estimate of drug-likeness (QED) is 0.124. The minimum absolute atomic E-state index is 0. The molecule has 4 aromatic heterocycles. The molecule has 0 unspecified atom stereocenters. The van der Waals surface area contributed by atoms with Gasteiger partial charge in [0.15, 0.2) is 22.7 Å². The molecular formula is C46H67Cl3N12O8S2. The van der Waals surface area contributed by atoms with Crippen molar-refractivity contribution >= 4 is 68.3 Å². The van der Waals surface area contributed by atoms with Gasteiger partial charge in [0.05, 0.1) is 45.5 Å². The molecule has 392 valence electrons. The Morgan fingerprint density at radius 1 is 0.549 bits per heavy atom. The number of aromatic amines is 2. The van der Waals surface area contributed by atoms with Crippen molar-refractivity contribution in [2.24, 2.45) is 0 Å². The number of hydrogen-bond acceptors (Lipinski definition) is 14. The molecule has 2 aliphatic rings. The molecule has 2 N–H and O–H groups in total. The van der Waals surface area contributed by atoms with E-state index in [1.54, 1.807) is 59.3 Å². The molecule has 2 aliphatic heterocycles. The smallest absolute Gasteiger partial charge is 0.277 e. The van der Waals surface area contributed by atoms with Crippen molar-refractivity contribution in [1.29, 1.82) is 0 Å². The zero-order valence-electron chi connectivity index (χ0n) is 41.6. The Bertz CT molecular complexity index is 2900. The molecule has 0 radical (unpaired) electrons. The molecular weight excluding hydrogens is 1020 g/mol. The highest BCUT2D eigenvalue weighted by atomic mass is 35.5. The molecule has 6 heterocycles. The first-order valence-corrected chi connectivity index (χ1v) is 26.4. The maximum atomic E-state index is 13.4. The lowest BCUT2D eigenvalue weighted by atomic mass is 10.2. The monoisotopic (exact) mass is 1080 g/mol. The van der Waals surface area contributed by atoms with Gasteiger partial charge in [0, 0.05) is 65.2 Å². The molecule has 0 aliphatic carbocycles. The molecule has 25 heteroatoms. The van der Waals surface area contributed by atoms with E-state index in [-0.39, 0.29) is 69.8 Å². The van der Waals surface area contributed by atoms with Crippen molar-refractivity contribution in [1.82, 2.24) is 57.6 Å². The number of hydrogen-bond donors (Lipinski definition) is 2. The van der Waals surface area contributed by atoms with Gasteiger partial charge in [0.2, 0.25) is 20.0 Å². The molecule has 2 saturated heterocycles. The number of nitrogens with zero attached hydrogens (tertiary/aromatic N) is 10. The zero-order valence-corrected chi connectivity index (χ0v) is 45.6. The van der Waals surface area contributed by atoms with Crippen molar-refractivity contribution in [3.63, 3.8) is 0 Å². The van der Waals surface area contributed by atoms with Crippen LogP contribution in [0.4, 0.5) is 0 Å². The Morgan fingerprint density at radius 3 is 1.21 bits per heavy atom. The van der Waals surface area contributed by atoms with Crippen molar-refractivity contribution in [3.8, 4) is 34.3 Å². The van der Waals surface area contributed by atoms with Crippen molar-refractivity contribution in [3.05, 3.63) is 80.1 Å². The van der Waals surface area contributed by atoms with E-state index < -0.39 is 20.0 Å². The van der Waals surface area contributed by atoms with Gasteiger partial charge in [-0.1, -0.05) is 27.7 Å². The third-order valence-corrected chi connectivity index (χ3v) is 16.1. The van der Waals surface area contributed by atoms with Gasteiger partial charge in [-0.2, -0.15) is 8.61 Å². The Balaban J connectivity index is 0.000000296. The van der Waals surface area contributed by atoms with Crippen molar-refractivity contribution in [2.75, 3.05) is 78.7 Å². The van der Waals surface area contributed by atoms with E-state index in [2.05, 4.69) is 53.8 Å². The van der Waals surface area contributed by atoms with Crippen LogP contribution in [0.15, 0.2) is 55.8 Å².